The highest BCUT2D eigenvalue weighted by Gasteiger charge is 2.67. The fourth-order valence-corrected chi connectivity index (χ4v) is 38.1. The predicted octanol–water partition coefficient (Wildman–Crippen LogP) is 30.9. The molecule has 0 radical (unpaired) electrons. The molecule has 38 atom stereocenters. The second-order valence-electron chi connectivity index (χ2n) is 56.0. The van der Waals surface area contributed by atoms with Crippen molar-refractivity contribution in [1.29, 1.82) is 0 Å². The Morgan fingerprint density at radius 1 is 0.281 bits per heavy atom. The number of fused-ring (bicyclic) bond motifs is 20. The molecule has 0 aliphatic heterocycles. The van der Waals surface area contributed by atoms with Crippen molar-refractivity contribution in [1.82, 2.24) is 0 Å². The van der Waals surface area contributed by atoms with Crippen LogP contribution in [0.2, 0.25) is 0 Å². The molecule has 0 aromatic heterocycles. The summed E-state index contributed by atoms with van der Waals surface area (Å²) < 4.78 is 0. The molecule has 0 spiro atoms. The van der Waals surface area contributed by atoms with Crippen molar-refractivity contribution in [3.05, 3.63) is 23.3 Å². The highest BCUT2D eigenvalue weighted by molar-refractivity contribution is 5.29. The van der Waals surface area contributed by atoms with Gasteiger partial charge in [0.25, 0.3) is 0 Å². The number of rotatable bonds is 28. The zero-order valence-electron chi connectivity index (χ0n) is 88.6. The minimum atomic E-state index is -0.492. The first kappa shape index (κ1) is 105. The molecule has 14 saturated carbocycles. The summed E-state index contributed by atoms with van der Waals surface area (Å²) in [6.45, 7) is 56.3. The molecule has 128 heavy (non-hydrogen) atoms. The monoisotopic (exact) mass is 1780 g/mol. The van der Waals surface area contributed by atoms with Crippen molar-refractivity contribution in [2.45, 2.75) is 558 Å². The molecule has 8 heteroatoms. The van der Waals surface area contributed by atoms with Gasteiger partial charge < -0.3 is 40.9 Å². The van der Waals surface area contributed by atoms with Gasteiger partial charge in [-0.1, -0.05) is 185 Å². The lowest BCUT2D eigenvalue weighted by molar-refractivity contribution is -0.148. The molecule has 740 valence electrons. The van der Waals surface area contributed by atoms with Crippen molar-refractivity contribution in [3.63, 3.8) is 0 Å². The highest BCUT2D eigenvalue weighted by atomic mass is 16.3. The second-order valence-corrected chi connectivity index (χ2v) is 56.0. The molecule has 16 aliphatic carbocycles. The summed E-state index contributed by atoms with van der Waals surface area (Å²) in [5.74, 6) is 18.2. The molecule has 8 nitrogen and oxygen atoms in total. The lowest BCUT2D eigenvalue weighted by atomic mass is 9.43. The molecule has 0 aromatic rings. The van der Waals surface area contributed by atoms with Crippen LogP contribution in [0.5, 0.6) is 0 Å². The summed E-state index contributed by atoms with van der Waals surface area (Å²) >= 11 is 0. The van der Waals surface area contributed by atoms with Gasteiger partial charge in [-0.15, -0.1) is 0 Å². The number of unbranched alkanes of at least 4 members (excludes halogenated alkanes) is 4. The SMILES string of the molecule is CCCC[C@@](C)(O)CC[C@@H](C)[C@H]1CC[C@H]2[C@@H]3CC=C4C[C@@](C)(O)CC[C@]4(C)[C@H]3CC[C@]12C.CCCC[C@@](C)(O)CC[C@@H](C)[C@H]1CC[C@H]2[C@@H]3CC[C@H]4C[C@@](C)(O)CC[C@]4(C)[C@H]3CC[C@]12C.CCCC[C@](C)(O)CC[C@@H](C)[C@H]1CC[C@H]2[C@@H]3CC=C4C[C@@](C)(O)CC[C@]4(C)[C@H]3CC[C@]12C.CCCC[C@](C)(O)CC[C@@H](C)[C@H]1CC[C@H]2[C@@H]3CC[C@H]4C[C@@](C)(O)CC[C@]4(C)[C@H]3CC[C@]12C. The first-order chi connectivity index (χ1) is 59.7. The quantitative estimate of drug-likeness (QED) is 0.0359. The van der Waals surface area contributed by atoms with E-state index in [0.29, 0.717) is 55.2 Å². The minimum Gasteiger partial charge on any atom is -0.390 e. The molecule has 14 fully saturated rings. The summed E-state index contributed by atoms with van der Waals surface area (Å²) in [6.07, 6.45) is 69.9. The van der Waals surface area contributed by atoms with Crippen molar-refractivity contribution >= 4 is 0 Å². The van der Waals surface area contributed by atoms with E-state index >= 15 is 0 Å². The van der Waals surface area contributed by atoms with Crippen LogP contribution in [0.3, 0.4) is 0 Å². The van der Waals surface area contributed by atoms with Crippen LogP contribution in [-0.4, -0.2) is 85.7 Å². The van der Waals surface area contributed by atoms with Crippen LogP contribution in [0.1, 0.15) is 513 Å². The van der Waals surface area contributed by atoms with E-state index in [4.69, 9.17) is 0 Å². The van der Waals surface area contributed by atoms with Crippen LogP contribution in [0.4, 0.5) is 0 Å². The summed E-state index contributed by atoms with van der Waals surface area (Å²) in [6, 6.07) is 0. The molecule has 0 saturated heterocycles. The molecule has 16 aliphatic rings. The Labute approximate surface area is 790 Å². The van der Waals surface area contributed by atoms with E-state index in [2.05, 4.69) is 164 Å². The zero-order valence-corrected chi connectivity index (χ0v) is 88.6. The Kier molecular flexibility index (Phi) is 32.4. The van der Waals surface area contributed by atoms with Gasteiger partial charge in [0.05, 0.1) is 44.8 Å². The Morgan fingerprint density at radius 3 is 0.805 bits per heavy atom. The number of allylic oxidation sites excluding steroid dienone is 2. The van der Waals surface area contributed by atoms with Crippen LogP contribution >= 0.6 is 0 Å². The fourth-order valence-electron chi connectivity index (χ4n) is 38.1. The molecule has 0 bridgehead atoms. The fraction of sp³-hybridized carbons (Fsp3) is 0.967. The second kappa shape index (κ2) is 39.7. The maximum absolute atomic E-state index is 10.8. The van der Waals surface area contributed by atoms with Crippen molar-refractivity contribution in [2.24, 2.45) is 174 Å². The van der Waals surface area contributed by atoms with Crippen LogP contribution in [0.15, 0.2) is 23.3 Å². The van der Waals surface area contributed by atoms with Crippen LogP contribution in [0.25, 0.3) is 0 Å². The van der Waals surface area contributed by atoms with Crippen LogP contribution < -0.4 is 0 Å². The average molecular weight is 1780 g/mol. The normalized spacial score (nSPS) is 47.7. The first-order valence-corrected chi connectivity index (χ1v) is 56.9. The summed E-state index contributed by atoms with van der Waals surface area (Å²) in [4.78, 5) is 0. The highest BCUT2D eigenvalue weighted by Crippen LogP contribution is 2.75. The predicted molar refractivity (Wildman–Crippen MR) is 538 cm³/mol. The van der Waals surface area contributed by atoms with Gasteiger partial charge in [0, 0.05) is 0 Å². The molecule has 0 amide bonds. The smallest absolute Gasteiger partial charge is 0.0657 e. The standard InChI is InChI=1S/2C30H54O2.2C30H52O2/c4*1-7-8-15-27(3,31)16-13-21(2)24-11-12-25-23-10-9-22-20-28(4,32)18-19-29(22,5)26(23)14-17-30(24,25)6/h2*21-26,31-32H,7-20H2,1-6H3;2*9,21,23-26,31-32H,7-8,10-20H2,1-6H3/t21-,22+,23+,24-,25+,26+,27+,28+,29+,30-;21-,22+,23+,24-,25+,26+,27-,28+,29+,30-;21-,23+,24-,25+,26+,27+,28+,29+,30-;21-,23+,24-,25+,26+,27-,28+,29+,30-/m1111/s1. The Morgan fingerprint density at radius 2 is 0.531 bits per heavy atom. The molecular formula is C120H212O8. The van der Waals surface area contributed by atoms with Crippen LogP contribution in [-0.2, 0) is 0 Å². The maximum atomic E-state index is 10.8. The van der Waals surface area contributed by atoms with E-state index < -0.39 is 44.8 Å². The molecule has 0 unspecified atom stereocenters. The van der Waals surface area contributed by atoms with Gasteiger partial charge in [-0.05, 0) is 524 Å². The van der Waals surface area contributed by atoms with Gasteiger partial charge >= 0.3 is 0 Å². The third-order valence-corrected chi connectivity index (χ3v) is 46.5. The largest absolute Gasteiger partial charge is 0.390 e. The number of hydrogen-bond acceptors (Lipinski definition) is 8. The first-order valence-electron chi connectivity index (χ1n) is 56.9. The van der Waals surface area contributed by atoms with Gasteiger partial charge in [-0.3, -0.25) is 0 Å². The maximum Gasteiger partial charge on any atom is 0.0657 e. The van der Waals surface area contributed by atoms with Crippen molar-refractivity contribution < 1.29 is 40.9 Å². The lowest BCUT2D eigenvalue weighted by Gasteiger charge is -2.62. The number of aliphatic hydroxyl groups is 8. The van der Waals surface area contributed by atoms with Gasteiger partial charge in [-0.25, -0.2) is 0 Å². The summed E-state index contributed by atoms with van der Waals surface area (Å²) in [5.41, 5.74) is 2.99. The lowest BCUT2D eigenvalue weighted by Crippen LogP contribution is -2.55. The third-order valence-electron chi connectivity index (χ3n) is 46.5. The van der Waals surface area contributed by atoms with E-state index in [1.807, 2.05) is 13.8 Å². The molecule has 16 rings (SSSR count). The van der Waals surface area contributed by atoms with E-state index in [1.54, 1.807) is 11.1 Å². The van der Waals surface area contributed by atoms with Gasteiger partial charge in [0.15, 0.2) is 0 Å². The molecule has 0 aromatic carbocycles. The van der Waals surface area contributed by atoms with Gasteiger partial charge in [0.1, 0.15) is 0 Å². The van der Waals surface area contributed by atoms with Crippen molar-refractivity contribution in [3.8, 4) is 0 Å². The van der Waals surface area contributed by atoms with Crippen LogP contribution in [0, 0.1) is 174 Å². The topological polar surface area (TPSA) is 162 Å². The third kappa shape index (κ3) is 21.6. The average Bonchev–Trinajstić information content (AvgIpc) is 1.40. The minimum absolute atomic E-state index is 0.328. The Balaban J connectivity index is 0.000000146. The van der Waals surface area contributed by atoms with E-state index in [9.17, 15) is 40.9 Å². The Bertz CT molecular complexity index is 3410. The summed E-state index contributed by atoms with van der Waals surface area (Å²) in [7, 11) is 0. The van der Waals surface area contributed by atoms with E-state index in [-0.39, 0.29) is 0 Å². The summed E-state index contributed by atoms with van der Waals surface area (Å²) in [5, 5.41) is 86.3. The Hall–Kier alpha value is -0.840. The molecule has 8 N–H and O–H groups in total. The van der Waals surface area contributed by atoms with E-state index in [0.717, 1.165) is 247 Å². The molecular weight excluding hydrogens is 1570 g/mol. The van der Waals surface area contributed by atoms with Gasteiger partial charge in [-0.2, -0.15) is 0 Å². The molecule has 0 heterocycles. The van der Waals surface area contributed by atoms with E-state index in [1.165, 1.54) is 218 Å². The zero-order chi connectivity index (χ0) is 93.5. The van der Waals surface area contributed by atoms with Gasteiger partial charge in [0.2, 0.25) is 0 Å². The number of hydrogen-bond donors (Lipinski definition) is 8. The van der Waals surface area contributed by atoms with Crippen molar-refractivity contribution in [2.75, 3.05) is 0 Å².